The van der Waals surface area contributed by atoms with E-state index in [0.717, 1.165) is 0 Å². The van der Waals surface area contributed by atoms with Crippen LogP contribution in [0.4, 0.5) is 0 Å². The topological polar surface area (TPSA) is 89.9 Å². The first-order valence-electron chi connectivity index (χ1n) is 9.99. The number of hydrogen-bond acceptors (Lipinski definition) is 8. The van der Waals surface area contributed by atoms with E-state index in [0.29, 0.717) is 54.3 Å². The van der Waals surface area contributed by atoms with E-state index in [4.69, 9.17) is 30.5 Å². The summed E-state index contributed by atoms with van der Waals surface area (Å²) in [7, 11) is 4.60. The van der Waals surface area contributed by atoms with Crippen molar-refractivity contribution < 1.29 is 58.4 Å². The number of carboxylic acids is 1. The van der Waals surface area contributed by atoms with E-state index in [1.165, 1.54) is 44.0 Å². The summed E-state index contributed by atoms with van der Waals surface area (Å²) < 4.78 is 23.3. The van der Waals surface area contributed by atoms with Crippen LogP contribution in [-0.2, 0) is 4.79 Å². The number of aliphatic carboxylic acids is 1. The molecule has 0 aliphatic carbocycles. The molecule has 0 spiro atoms. The van der Waals surface area contributed by atoms with Gasteiger partial charge >= 0.3 is 29.6 Å². The largest absolute Gasteiger partial charge is 1.00 e. The summed E-state index contributed by atoms with van der Waals surface area (Å²) >= 11 is 7.75. The van der Waals surface area contributed by atoms with E-state index < -0.39 is 5.97 Å². The maximum Gasteiger partial charge on any atom is 1.00 e. The molecule has 0 N–H and O–H groups in total. The normalized spacial score (nSPS) is 11.0. The number of carbonyl (C=O) groups is 1. The van der Waals surface area contributed by atoms with Gasteiger partial charge in [0.05, 0.1) is 47.3 Å². The van der Waals surface area contributed by atoms with Crippen LogP contribution in [0.3, 0.4) is 0 Å². The fraction of sp³-hybridized carbons (Fsp3) is 0.120. The Bertz CT molecular complexity index is 1370. The molecule has 0 aliphatic rings. The molecule has 0 aliphatic heterocycles. The van der Waals surface area contributed by atoms with E-state index in [1.807, 2.05) is 0 Å². The summed E-state index contributed by atoms with van der Waals surface area (Å²) in [6.45, 7) is 0. The molecule has 35 heavy (non-hydrogen) atoms. The maximum atomic E-state index is 12.0. The number of carboxylic acid groups (broad SMARTS) is 1. The van der Waals surface area contributed by atoms with Gasteiger partial charge in [0.15, 0.2) is 5.75 Å². The van der Waals surface area contributed by atoms with E-state index >= 15 is 0 Å². The third-order valence-electron chi connectivity index (χ3n) is 5.01. The predicted molar refractivity (Wildman–Crippen MR) is 130 cm³/mol. The Morgan fingerprint density at radius 2 is 1.63 bits per heavy atom. The molecule has 0 atom stereocenters. The van der Waals surface area contributed by atoms with Crippen molar-refractivity contribution in [1.29, 1.82) is 0 Å². The Morgan fingerprint density at radius 1 is 0.971 bits per heavy atom. The van der Waals surface area contributed by atoms with Crippen molar-refractivity contribution >= 4 is 50.6 Å². The molecule has 0 radical (unpaired) electrons. The van der Waals surface area contributed by atoms with Gasteiger partial charge in [-0.05, 0) is 48.0 Å². The van der Waals surface area contributed by atoms with Gasteiger partial charge in [-0.2, -0.15) is 0 Å². The average molecular weight is 520 g/mol. The summed E-state index contributed by atoms with van der Waals surface area (Å²) in [6, 6.07) is 11.8. The zero-order valence-corrected chi connectivity index (χ0v) is 23.0. The molecule has 2 aromatic carbocycles. The monoisotopic (exact) mass is 519 g/mol. The smallest absolute Gasteiger partial charge is 0.545 e. The molecule has 4 rings (SSSR count). The Balaban J connectivity index is 0.00000342. The van der Waals surface area contributed by atoms with E-state index in [1.54, 1.807) is 49.6 Å². The average Bonchev–Trinajstić information content (AvgIpc) is 3.20. The maximum absolute atomic E-state index is 12.0. The number of carbonyl (C=O) groups excluding carboxylic acids is 1. The van der Waals surface area contributed by atoms with E-state index in [9.17, 15) is 9.90 Å². The fourth-order valence-electron chi connectivity index (χ4n) is 3.41. The summed E-state index contributed by atoms with van der Waals surface area (Å²) in [5.74, 6) is 1.10. The van der Waals surface area contributed by atoms with Crippen molar-refractivity contribution in [2.24, 2.45) is 0 Å². The number of ether oxygens (including phenoxy) is 4. The van der Waals surface area contributed by atoms with Crippen molar-refractivity contribution in [3.05, 3.63) is 70.3 Å². The second-order valence-electron chi connectivity index (χ2n) is 6.95. The number of halogens is 1. The van der Waals surface area contributed by atoms with Crippen molar-refractivity contribution in [3.63, 3.8) is 0 Å². The van der Waals surface area contributed by atoms with Gasteiger partial charge in [-0.25, -0.2) is 0 Å². The molecule has 0 unspecified atom stereocenters. The van der Waals surface area contributed by atoms with E-state index in [2.05, 4.69) is 4.98 Å². The molecule has 7 nitrogen and oxygen atoms in total. The quantitative estimate of drug-likeness (QED) is 0.260. The fourth-order valence-corrected chi connectivity index (χ4v) is 4.84. The van der Waals surface area contributed by atoms with Crippen molar-refractivity contribution in [3.8, 4) is 28.7 Å². The second-order valence-corrected chi connectivity index (χ2v) is 8.41. The number of nitrogens with zero attached hydrogens (tertiary/aromatic N) is 1. The van der Waals surface area contributed by atoms with Crippen LogP contribution in [0.2, 0.25) is 5.02 Å². The molecule has 0 saturated carbocycles. The Labute approximate surface area is 233 Å². The number of thiophene rings is 1. The zero-order chi connectivity index (χ0) is 24.2. The molecule has 2 heterocycles. The van der Waals surface area contributed by atoms with Crippen LogP contribution in [0, 0.1) is 0 Å². The first-order chi connectivity index (χ1) is 16.5. The van der Waals surface area contributed by atoms with Gasteiger partial charge < -0.3 is 28.8 Å². The van der Waals surface area contributed by atoms with Gasteiger partial charge in [-0.1, -0.05) is 11.6 Å². The molecule has 10 heteroatoms. The molecule has 4 aromatic rings. The molecular weight excluding hydrogens is 501 g/mol. The number of benzene rings is 2. The first kappa shape index (κ1) is 26.8. The standard InChI is InChI=1S/C25H20ClNO6S.Na/c1-30-15-4-6-16(7-5-15)33-23-20(12-17(25(28)29)14-8-10-27-11-9-14)34-24-19(31-2)13-18(26)22(32-3)21(23)24;/h4-13H,1-3H3,(H,28,29);/q;+1/p-1/b17-12+;. The SMILES string of the molecule is COc1ccc(Oc2c(/C=C(/C(=O)[O-])c3ccncc3)sc3c(OC)cc(Cl)c(OC)c23)cc1.[Na+]. The van der Waals surface area contributed by atoms with Crippen LogP contribution in [0.15, 0.2) is 54.9 Å². The van der Waals surface area contributed by atoms with E-state index in [-0.39, 0.29) is 35.1 Å². The van der Waals surface area contributed by atoms with Crippen LogP contribution in [0.25, 0.3) is 21.7 Å². The van der Waals surface area contributed by atoms with Crippen LogP contribution in [0.5, 0.6) is 28.7 Å². The molecule has 0 fully saturated rings. The van der Waals surface area contributed by atoms with Gasteiger partial charge in [0.25, 0.3) is 0 Å². The third kappa shape index (κ3) is 5.58. The number of methoxy groups -OCH3 is 3. The number of fused-ring (bicyclic) bond motifs is 1. The van der Waals surface area contributed by atoms with Gasteiger partial charge in [0, 0.05) is 24.0 Å². The zero-order valence-electron chi connectivity index (χ0n) is 19.5. The number of aromatic nitrogens is 1. The molecule has 0 amide bonds. The molecule has 0 bridgehead atoms. The van der Waals surface area contributed by atoms with Gasteiger partial charge in [0.1, 0.15) is 23.0 Å². The number of hydrogen-bond donors (Lipinski definition) is 0. The Morgan fingerprint density at radius 3 is 2.20 bits per heavy atom. The predicted octanol–water partition coefficient (Wildman–Crippen LogP) is 2.06. The molecule has 0 saturated heterocycles. The molecule has 174 valence electrons. The van der Waals surface area contributed by atoms with Gasteiger partial charge in [0.2, 0.25) is 0 Å². The van der Waals surface area contributed by atoms with Crippen LogP contribution in [-0.4, -0.2) is 32.3 Å². The summed E-state index contributed by atoms with van der Waals surface area (Å²) in [5.41, 5.74) is 0.414. The van der Waals surface area contributed by atoms with Crippen LogP contribution in [0.1, 0.15) is 10.4 Å². The van der Waals surface area contributed by atoms with Crippen molar-refractivity contribution in [2.75, 3.05) is 21.3 Å². The summed E-state index contributed by atoms with van der Waals surface area (Å²) in [6.07, 6.45) is 4.52. The Kier molecular flexibility index (Phi) is 9.04. The molecular formula is C25H19ClNNaO6S. The number of rotatable bonds is 8. The van der Waals surface area contributed by atoms with Gasteiger partial charge in [-0.3, -0.25) is 4.98 Å². The van der Waals surface area contributed by atoms with Gasteiger partial charge in [-0.15, -0.1) is 11.3 Å². The summed E-state index contributed by atoms with van der Waals surface area (Å²) in [4.78, 5) is 16.5. The van der Waals surface area contributed by atoms with Crippen LogP contribution >= 0.6 is 22.9 Å². The van der Waals surface area contributed by atoms with Crippen LogP contribution < -0.4 is 53.6 Å². The van der Waals surface area contributed by atoms with Crippen molar-refractivity contribution in [1.82, 2.24) is 4.98 Å². The minimum absolute atomic E-state index is 0. The number of pyridine rings is 1. The third-order valence-corrected chi connectivity index (χ3v) is 6.42. The second kappa shape index (κ2) is 11.8. The molecule has 2 aromatic heterocycles. The van der Waals surface area contributed by atoms with Crippen molar-refractivity contribution in [2.45, 2.75) is 0 Å². The summed E-state index contributed by atoms with van der Waals surface area (Å²) in [5, 5.41) is 12.9. The minimum atomic E-state index is -1.34. The first-order valence-corrected chi connectivity index (χ1v) is 11.2. The minimum Gasteiger partial charge on any atom is -0.545 e. The Hall–Kier alpha value is -2.75.